The first-order chi connectivity index (χ1) is 13.2. The summed E-state index contributed by atoms with van der Waals surface area (Å²) in [5.41, 5.74) is 7.76. The topological polar surface area (TPSA) is 70.7 Å². The molecule has 1 aliphatic rings. The highest BCUT2D eigenvalue weighted by Gasteiger charge is 2.17. The highest BCUT2D eigenvalue weighted by molar-refractivity contribution is 14.0. The molecule has 0 atom stereocenters. The Balaban J connectivity index is 0.00000392. The van der Waals surface area contributed by atoms with Crippen molar-refractivity contribution in [2.24, 2.45) is 10.7 Å². The lowest BCUT2D eigenvalue weighted by Gasteiger charge is -2.26. The van der Waals surface area contributed by atoms with Gasteiger partial charge in [-0.05, 0) is 43.4 Å². The molecular formula is C22H37IN4O. The van der Waals surface area contributed by atoms with Crippen molar-refractivity contribution < 1.29 is 4.79 Å². The zero-order valence-corrected chi connectivity index (χ0v) is 19.6. The number of hydrogen-bond acceptors (Lipinski definition) is 2. The first-order valence-electron chi connectivity index (χ1n) is 10.6. The third kappa shape index (κ3) is 9.26. The van der Waals surface area contributed by atoms with Crippen LogP contribution in [-0.2, 0) is 6.54 Å². The van der Waals surface area contributed by atoms with E-state index in [2.05, 4.69) is 17.2 Å². The summed E-state index contributed by atoms with van der Waals surface area (Å²) in [6.45, 7) is 5.41. The van der Waals surface area contributed by atoms with Crippen molar-refractivity contribution in [2.75, 3.05) is 19.6 Å². The number of benzene rings is 1. The lowest BCUT2D eigenvalue weighted by Crippen LogP contribution is -2.35. The van der Waals surface area contributed by atoms with Crippen LogP contribution < -0.4 is 11.1 Å². The van der Waals surface area contributed by atoms with Crippen LogP contribution in [0.3, 0.4) is 0 Å². The summed E-state index contributed by atoms with van der Waals surface area (Å²) in [5.74, 6) is 0.641. The minimum atomic E-state index is 0. The Kier molecular flexibility index (Phi) is 12.9. The molecular weight excluding hydrogens is 463 g/mol. The van der Waals surface area contributed by atoms with Crippen molar-refractivity contribution in [2.45, 2.75) is 71.3 Å². The van der Waals surface area contributed by atoms with Crippen molar-refractivity contribution in [1.29, 1.82) is 0 Å². The van der Waals surface area contributed by atoms with Crippen LogP contribution in [0.4, 0.5) is 0 Å². The van der Waals surface area contributed by atoms with Gasteiger partial charge in [0.25, 0.3) is 5.91 Å². The fourth-order valence-corrected chi connectivity index (χ4v) is 3.39. The monoisotopic (exact) mass is 500 g/mol. The van der Waals surface area contributed by atoms with E-state index < -0.39 is 0 Å². The molecule has 1 fully saturated rings. The van der Waals surface area contributed by atoms with Crippen LogP contribution in [0.25, 0.3) is 0 Å². The van der Waals surface area contributed by atoms with Gasteiger partial charge < -0.3 is 16.0 Å². The largest absolute Gasteiger partial charge is 0.370 e. The maximum atomic E-state index is 12.5. The van der Waals surface area contributed by atoms with Crippen LogP contribution >= 0.6 is 24.0 Å². The smallest absolute Gasteiger partial charge is 0.253 e. The molecule has 2 rings (SSSR count). The van der Waals surface area contributed by atoms with Gasteiger partial charge in [0.1, 0.15) is 0 Å². The van der Waals surface area contributed by atoms with Crippen LogP contribution in [0.2, 0.25) is 0 Å². The number of rotatable bonds is 10. The summed E-state index contributed by atoms with van der Waals surface area (Å²) in [6, 6.07) is 7.76. The number of nitrogens with one attached hydrogen (secondary N) is 1. The normalized spacial score (nSPS) is 14.5. The Hall–Kier alpha value is -1.31. The second kappa shape index (κ2) is 14.7. The lowest BCUT2D eigenvalue weighted by molar-refractivity contribution is 0.0724. The maximum Gasteiger partial charge on any atom is 0.253 e. The van der Waals surface area contributed by atoms with Crippen molar-refractivity contribution in [1.82, 2.24) is 10.2 Å². The van der Waals surface area contributed by atoms with Crippen molar-refractivity contribution in [3.63, 3.8) is 0 Å². The summed E-state index contributed by atoms with van der Waals surface area (Å²) in [6.07, 6.45) is 11.1. The molecule has 5 nitrogen and oxygen atoms in total. The van der Waals surface area contributed by atoms with Crippen molar-refractivity contribution in [3.05, 3.63) is 35.4 Å². The fourth-order valence-electron chi connectivity index (χ4n) is 3.39. The summed E-state index contributed by atoms with van der Waals surface area (Å²) >= 11 is 0. The summed E-state index contributed by atoms with van der Waals surface area (Å²) in [5, 5.41) is 3.18. The highest BCUT2D eigenvalue weighted by atomic mass is 127. The van der Waals surface area contributed by atoms with Gasteiger partial charge in [0.05, 0.1) is 6.54 Å². The number of nitrogens with zero attached hydrogens (tertiary/aromatic N) is 2. The molecule has 1 aromatic rings. The lowest BCUT2D eigenvalue weighted by atomic mass is 10.1. The number of likely N-dealkylation sites (tertiary alicyclic amines) is 1. The van der Waals surface area contributed by atoms with E-state index in [1.807, 2.05) is 29.2 Å². The van der Waals surface area contributed by atoms with E-state index in [9.17, 15) is 4.79 Å². The zero-order valence-electron chi connectivity index (χ0n) is 17.3. The maximum absolute atomic E-state index is 12.5. The van der Waals surface area contributed by atoms with E-state index in [4.69, 9.17) is 5.73 Å². The van der Waals surface area contributed by atoms with Gasteiger partial charge in [-0.15, -0.1) is 24.0 Å². The Labute approximate surface area is 187 Å². The second-order valence-corrected chi connectivity index (χ2v) is 7.45. The molecule has 0 unspecified atom stereocenters. The van der Waals surface area contributed by atoms with Gasteiger partial charge in [0.2, 0.25) is 0 Å². The Bertz CT molecular complexity index is 583. The molecule has 1 amide bonds. The van der Waals surface area contributed by atoms with Gasteiger partial charge in [-0.2, -0.15) is 0 Å². The number of carbonyl (C=O) groups excluding carboxylic acids is 1. The highest BCUT2D eigenvalue weighted by Crippen LogP contribution is 2.14. The number of aliphatic imine (C=N–C) groups is 1. The third-order valence-corrected chi connectivity index (χ3v) is 5.11. The summed E-state index contributed by atoms with van der Waals surface area (Å²) < 4.78 is 0. The third-order valence-electron chi connectivity index (χ3n) is 5.11. The van der Waals surface area contributed by atoms with Gasteiger partial charge in [-0.3, -0.25) is 4.79 Å². The first kappa shape index (κ1) is 24.7. The summed E-state index contributed by atoms with van der Waals surface area (Å²) in [4.78, 5) is 18.8. The van der Waals surface area contributed by atoms with Gasteiger partial charge in [-0.1, -0.05) is 51.2 Å². The fraction of sp³-hybridized carbons (Fsp3) is 0.636. The number of guanidine groups is 1. The molecule has 1 aromatic carbocycles. The number of carbonyl (C=O) groups is 1. The molecule has 3 N–H and O–H groups in total. The van der Waals surface area contributed by atoms with Gasteiger partial charge >= 0.3 is 0 Å². The van der Waals surface area contributed by atoms with E-state index in [0.717, 1.165) is 50.0 Å². The van der Waals surface area contributed by atoms with Crippen LogP contribution in [-0.4, -0.2) is 36.4 Å². The SMILES string of the molecule is CCCCCCCCNC(N)=NCc1ccc(C(=O)N2CCCCC2)cc1.I. The molecule has 0 aliphatic carbocycles. The summed E-state index contributed by atoms with van der Waals surface area (Å²) in [7, 11) is 0. The molecule has 0 aromatic heterocycles. The average molecular weight is 500 g/mol. The van der Waals surface area contributed by atoms with Crippen molar-refractivity contribution in [3.8, 4) is 0 Å². The Morgan fingerprint density at radius 2 is 1.68 bits per heavy atom. The minimum absolute atomic E-state index is 0. The molecule has 1 aliphatic heterocycles. The van der Waals surface area contributed by atoms with Crippen molar-refractivity contribution >= 4 is 35.8 Å². The van der Waals surface area contributed by atoms with Gasteiger partial charge in [-0.25, -0.2) is 4.99 Å². The molecule has 0 spiro atoms. The average Bonchev–Trinajstić information content (AvgIpc) is 2.72. The molecule has 6 heteroatoms. The van der Waals surface area contributed by atoms with Crippen LogP contribution in [0, 0.1) is 0 Å². The molecule has 0 radical (unpaired) electrons. The van der Waals surface area contributed by atoms with Crippen LogP contribution in [0.15, 0.2) is 29.3 Å². The quantitative estimate of drug-likeness (QED) is 0.212. The van der Waals surface area contributed by atoms with Crippen LogP contribution in [0.1, 0.15) is 80.6 Å². The predicted octanol–water partition coefficient (Wildman–Crippen LogP) is 4.70. The minimum Gasteiger partial charge on any atom is -0.370 e. The second-order valence-electron chi connectivity index (χ2n) is 7.45. The number of unbranched alkanes of at least 4 members (excludes halogenated alkanes) is 5. The Morgan fingerprint density at radius 1 is 1.04 bits per heavy atom. The number of amides is 1. The number of nitrogens with two attached hydrogens (primary N) is 1. The van der Waals surface area contributed by atoms with Gasteiger partial charge in [0.15, 0.2) is 5.96 Å². The van der Waals surface area contributed by atoms with E-state index in [1.165, 1.54) is 38.5 Å². The standard InChI is InChI=1S/C22H36N4O.HI/c1-2-3-4-5-6-8-15-24-22(23)25-18-19-11-13-20(14-12-19)21(27)26-16-9-7-10-17-26;/h11-14H,2-10,15-18H2,1H3,(H3,23,24,25);1H. The Morgan fingerprint density at radius 3 is 2.36 bits per heavy atom. The number of hydrogen-bond donors (Lipinski definition) is 2. The molecule has 1 heterocycles. The van der Waals surface area contributed by atoms with E-state index in [-0.39, 0.29) is 29.9 Å². The van der Waals surface area contributed by atoms with E-state index >= 15 is 0 Å². The molecule has 158 valence electrons. The van der Waals surface area contributed by atoms with E-state index in [0.29, 0.717) is 12.5 Å². The first-order valence-corrected chi connectivity index (χ1v) is 10.6. The van der Waals surface area contributed by atoms with E-state index in [1.54, 1.807) is 0 Å². The number of halogens is 1. The zero-order chi connectivity index (χ0) is 19.3. The molecule has 0 bridgehead atoms. The molecule has 1 saturated heterocycles. The predicted molar refractivity (Wildman–Crippen MR) is 128 cm³/mol. The van der Waals surface area contributed by atoms with Gasteiger partial charge in [0, 0.05) is 25.2 Å². The van der Waals surface area contributed by atoms with Crippen LogP contribution in [0.5, 0.6) is 0 Å². The molecule has 28 heavy (non-hydrogen) atoms. The number of piperidine rings is 1. The molecule has 0 saturated carbocycles.